The number of hydrogen-bond acceptors (Lipinski definition) is 2. The lowest BCUT2D eigenvalue weighted by atomic mass is 10.2. The fourth-order valence-electron chi connectivity index (χ4n) is 1.11. The third-order valence-corrected chi connectivity index (χ3v) is 1.90. The highest BCUT2D eigenvalue weighted by atomic mass is 14.8. The predicted molar refractivity (Wildman–Crippen MR) is 47.8 cm³/mol. The quantitative estimate of drug-likeness (QED) is 0.585. The lowest BCUT2D eigenvalue weighted by Crippen LogP contribution is -1.92. The molecule has 0 N–H and O–H groups in total. The van der Waals surface area contributed by atoms with Gasteiger partial charge in [-0.2, -0.15) is 0 Å². The maximum atomic E-state index is 4.38. The van der Waals surface area contributed by atoms with Crippen LogP contribution in [-0.2, 0) is 0 Å². The van der Waals surface area contributed by atoms with Crippen LogP contribution in [0.4, 0.5) is 0 Å². The Morgan fingerprint density at radius 1 is 1.17 bits per heavy atom. The number of aromatic nitrogens is 2. The molecule has 2 heteroatoms. The largest absolute Gasteiger partial charge is 0.250 e. The van der Waals surface area contributed by atoms with E-state index >= 15 is 0 Å². The first-order chi connectivity index (χ1) is 5.77. The van der Waals surface area contributed by atoms with Crippen LogP contribution in [0, 0.1) is 19.9 Å². The van der Waals surface area contributed by atoms with E-state index in [1.54, 1.807) is 0 Å². The SMILES string of the molecule is Cc1nc2[c]cccc2nc1C. The zero-order valence-corrected chi connectivity index (χ0v) is 7.13. The van der Waals surface area contributed by atoms with E-state index in [2.05, 4.69) is 16.0 Å². The van der Waals surface area contributed by atoms with Gasteiger partial charge in [-0.1, -0.05) is 12.1 Å². The van der Waals surface area contributed by atoms with Gasteiger partial charge in [-0.05, 0) is 19.9 Å². The fraction of sp³-hybridized carbons (Fsp3) is 0.200. The summed E-state index contributed by atoms with van der Waals surface area (Å²) in [6.07, 6.45) is 0. The lowest BCUT2D eigenvalue weighted by molar-refractivity contribution is 1.10. The van der Waals surface area contributed by atoms with Crippen molar-refractivity contribution >= 4 is 11.0 Å². The number of benzene rings is 1. The summed E-state index contributed by atoms with van der Waals surface area (Å²) in [4.78, 5) is 8.74. The van der Waals surface area contributed by atoms with E-state index < -0.39 is 0 Å². The Labute approximate surface area is 71.3 Å². The normalized spacial score (nSPS) is 10.5. The van der Waals surface area contributed by atoms with E-state index in [9.17, 15) is 0 Å². The predicted octanol–water partition coefficient (Wildman–Crippen LogP) is 2.05. The van der Waals surface area contributed by atoms with Crippen LogP contribution in [0.3, 0.4) is 0 Å². The first kappa shape index (κ1) is 7.22. The number of aryl methyl sites for hydroxylation is 2. The van der Waals surface area contributed by atoms with Crippen molar-refractivity contribution in [2.24, 2.45) is 0 Å². The van der Waals surface area contributed by atoms with Crippen molar-refractivity contribution in [3.05, 3.63) is 35.7 Å². The zero-order valence-electron chi connectivity index (χ0n) is 7.13. The fourth-order valence-corrected chi connectivity index (χ4v) is 1.11. The number of fused-ring (bicyclic) bond motifs is 1. The van der Waals surface area contributed by atoms with Crippen molar-refractivity contribution in [3.8, 4) is 0 Å². The molecule has 2 aromatic rings. The molecule has 0 aliphatic heterocycles. The Kier molecular flexibility index (Phi) is 1.54. The molecule has 0 atom stereocenters. The smallest absolute Gasteiger partial charge is 0.0969 e. The second-order valence-electron chi connectivity index (χ2n) is 2.80. The molecule has 0 saturated carbocycles. The van der Waals surface area contributed by atoms with Crippen molar-refractivity contribution in [1.82, 2.24) is 9.97 Å². The van der Waals surface area contributed by atoms with Crippen LogP contribution in [-0.4, -0.2) is 9.97 Å². The van der Waals surface area contributed by atoms with Crippen LogP contribution >= 0.6 is 0 Å². The van der Waals surface area contributed by atoms with Gasteiger partial charge in [0.1, 0.15) is 0 Å². The van der Waals surface area contributed by atoms with Gasteiger partial charge in [0.2, 0.25) is 0 Å². The van der Waals surface area contributed by atoms with E-state index in [1.807, 2.05) is 32.0 Å². The first-order valence-electron chi connectivity index (χ1n) is 3.89. The third-order valence-electron chi connectivity index (χ3n) is 1.90. The molecule has 0 aliphatic rings. The van der Waals surface area contributed by atoms with Crippen LogP contribution < -0.4 is 0 Å². The zero-order chi connectivity index (χ0) is 8.55. The molecular formula is C10H9N2. The Morgan fingerprint density at radius 3 is 2.75 bits per heavy atom. The van der Waals surface area contributed by atoms with Gasteiger partial charge < -0.3 is 0 Å². The molecule has 2 nitrogen and oxygen atoms in total. The maximum absolute atomic E-state index is 4.38. The second-order valence-corrected chi connectivity index (χ2v) is 2.80. The van der Waals surface area contributed by atoms with Crippen molar-refractivity contribution in [3.63, 3.8) is 0 Å². The molecule has 0 bridgehead atoms. The summed E-state index contributed by atoms with van der Waals surface area (Å²) in [7, 11) is 0. The van der Waals surface area contributed by atoms with E-state index in [4.69, 9.17) is 0 Å². The van der Waals surface area contributed by atoms with Crippen molar-refractivity contribution in [1.29, 1.82) is 0 Å². The van der Waals surface area contributed by atoms with E-state index in [0.29, 0.717) is 0 Å². The van der Waals surface area contributed by atoms with Crippen LogP contribution in [0.25, 0.3) is 11.0 Å². The molecule has 59 valence electrons. The molecule has 0 amide bonds. The molecule has 0 spiro atoms. The highest BCUT2D eigenvalue weighted by molar-refractivity contribution is 5.73. The Balaban J connectivity index is 2.84. The topological polar surface area (TPSA) is 25.8 Å². The van der Waals surface area contributed by atoms with Gasteiger partial charge in [0.05, 0.1) is 22.4 Å². The lowest BCUT2D eigenvalue weighted by Gasteiger charge is -2.00. The Hall–Kier alpha value is -1.44. The summed E-state index contributed by atoms with van der Waals surface area (Å²) in [6, 6.07) is 8.77. The second kappa shape index (κ2) is 2.55. The molecular weight excluding hydrogens is 148 g/mol. The summed E-state index contributed by atoms with van der Waals surface area (Å²) in [6.45, 7) is 3.93. The number of para-hydroxylation sites is 1. The van der Waals surface area contributed by atoms with Crippen LogP contribution in [0.5, 0.6) is 0 Å². The van der Waals surface area contributed by atoms with Crippen LogP contribution in [0.2, 0.25) is 0 Å². The first-order valence-corrected chi connectivity index (χ1v) is 3.89. The van der Waals surface area contributed by atoms with Gasteiger partial charge >= 0.3 is 0 Å². The summed E-state index contributed by atoms with van der Waals surface area (Å²) in [5.41, 5.74) is 3.73. The molecule has 1 aromatic heterocycles. The molecule has 12 heavy (non-hydrogen) atoms. The minimum atomic E-state index is 0.848. The number of hydrogen-bond donors (Lipinski definition) is 0. The standard InChI is InChI=1S/C10H9N2/c1-7-8(2)12-10-6-4-3-5-9(10)11-7/h3-5H,1-2H3. The summed E-state index contributed by atoms with van der Waals surface area (Å²) >= 11 is 0. The molecule has 0 fully saturated rings. The molecule has 0 unspecified atom stereocenters. The van der Waals surface area contributed by atoms with Crippen LogP contribution in [0.1, 0.15) is 11.4 Å². The molecule has 0 aliphatic carbocycles. The van der Waals surface area contributed by atoms with Crippen molar-refractivity contribution in [2.45, 2.75) is 13.8 Å². The van der Waals surface area contributed by atoms with Gasteiger partial charge in [-0.3, -0.25) is 0 Å². The summed E-state index contributed by atoms with van der Waals surface area (Å²) < 4.78 is 0. The minimum Gasteiger partial charge on any atom is -0.250 e. The Morgan fingerprint density at radius 2 is 1.92 bits per heavy atom. The molecule has 1 heterocycles. The monoisotopic (exact) mass is 157 g/mol. The molecule has 2 rings (SSSR count). The van der Waals surface area contributed by atoms with E-state index in [-0.39, 0.29) is 0 Å². The van der Waals surface area contributed by atoms with E-state index in [1.165, 1.54) is 0 Å². The van der Waals surface area contributed by atoms with Crippen LogP contribution in [0.15, 0.2) is 18.2 Å². The number of nitrogens with zero attached hydrogens (tertiary/aromatic N) is 2. The summed E-state index contributed by atoms with van der Waals surface area (Å²) in [5, 5.41) is 0. The highest BCUT2D eigenvalue weighted by Crippen LogP contribution is 2.10. The minimum absolute atomic E-state index is 0.848. The maximum Gasteiger partial charge on any atom is 0.0969 e. The van der Waals surface area contributed by atoms with Crippen molar-refractivity contribution < 1.29 is 0 Å². The Bertz CT molecular complexity index is 381. The molecule has 1 aromatic carbocycles. The molecule has 0 saturated heterocycles. The van der Waals surface area contributed by atoms with Crippen molar-refractivity contribution in [2.75, 3.05) is 0 Å². The van der Waals surface area contributed by atoms with Gasteiger partial charge in [0, 0.05) is 6.07 Å². The highest BCUT2D eigenvalue weighted by Gasteiger charge is 1.98. The third kappa shape index (κ3) is 1.05. The average molecular weight is 157 g/mol. The van der Waals surface area contributed by atoms with E-state index in [0.717, 1.165) is 22.4 Å². The molecule has 1 radical (unpaired) electrons. The summed E-state index contributed by atoms with van der Waals surface area (Å²) in [5.74, 6) is 0. The van der Waals surface area contributed by atoms with Gasteiger partial charge in [0.25, 0.3) is 0 Å². The van der Waals surface area contributed by atoms with Gasteiger partial charge in [0.15, 0.2) is 0 Å². The van der Waals surface area contributed by atoms with Gasteiger partial charge in [-0.25, -0.2) is 9.97 Å². The number of rotatable bonds is 0. The van der Waals surface area contributed by atoms with Gasteiger partial charge in [-0.15, -0.1) is 0 Å². The average Bonchev–Trinajstić information content (AvgIpc) is 2.07.